The van der Waals surface area contributed by atoms with Crippen LogP contribution in [0, 0.1) is 0 Å². The van der Waals surface area contributed by atoms with Crippen LogP contribution in [-0.4, -0.2) is 37.7 Å². The Morgan fingerprint density at radius 2 is 1.85 bits per heavy atom. The summed E-state index contributed by atoms with van der Waals surface area (Å²) >= 11 is 0. The molecule has 2 aliphatic rings. The summed E-state index contributed by atoms with van der Waals surface area (Å²) < 4.78 is 6.10. The minimum atomic E-state index is 0.256. The first-order valence-electron chi connectivity index (χ1n) is 7.88. The summed E-state index contributed by atoms with van der Waals surface area (Å²) in [4.78, 5) is 2.37. The molecule has 20 heavy (non-hydrogen) atoms. The summed E-state index contributed by atoms with van der Waals surface area (Å²) in [5, 5.41) is 0. The van der Waals surface area contributed by atoms with Crippen molar-refractivity contribution in [2.45, 2.75) is 43.6 Å². The van der Waals surface area contributed by atoms with E-state index in [0.717, 1.165) is 38.2 Å². The van der Waals surface area contributed by atoms with Gasteiger partial charge in [-0.1, -0.05) is 18.6 Å². The Hall–Kier alpha value is -1.06. The van der Waals surface area contributed by atoms with Crippen molar-refractivity contribution >= 4 is 0 Å². The Balaban J connectivity index is 1.61. The monoisotopic (exact) mass is 274 g/mol. The second kappa shape index (κ2) is 5.74. The first-order chi connectivity index (χ1) is 9.72. The van der Waals surface area contributed by atoms with Crippen molar-refractivity contribution in [3.05, 3.63) is 29.8 Å². The molecule has 0 amide bonds. The molecule has 3 rings (SSSR count). The number of ether oxygens (including phenoxy) is 1. The average Bonchev–Trinajstić information content (AvgIpc) is 2.43. The van der Waals surface area contributed by atoms with Gasteiger partial charge in [0, 0.05) is 25.0 Å². The number of nitrogens with zero attached hydrogens (tertiary/aromatic N) is 1. The van der Waals surface area contributed by atoms with Crippen LogP contribution in [0.2, 0.25) is 0 Å². The number of hydrogen-bond acceptors (Lipinski definition) is 3. The highest BCUT2D eigenvalue weighted by Gasteiger charge is 2.37. The minimum absolute atomic E-state index is 0.256. The SMILES string of the molecule is CN1CCC(Oc2ccc(C3(CN)CCC3)cc2)CC1. The summed E-state index contributed by atoms with van der Waals surface area (Å²) in [5.74, 6) is 1.01. The van der Waals surface area contributed by atoms with Gasteiger partial charge in [-0.25, -0.2) is 0 Å². The van der Waals surface area contributed by atoms with Gasteiger partial charge in [0.2, 0.25) is 0 Å². The van der Waals surface area contributed by atoms with Gasteiger partial charge in [0.15, 0.2) is 0 Å². The second-order valence-corrected chi connectivity index (χ2v) is 6.48. The molecule has 2 N–H and O–H groups in total. The molecule has 3 heteroatoms. The molecule has 0 aromatic heterocycles. The molecular formula is C17H26N2O. The Labute approximate surface area is 122 Å². The molecule has 0 bridgehead atoms. The van der Waals surface area contributed by atoms with Crippen molar-refractivity contribution in [1.82, 2.24) is 4.90 Å². The Morgan fingerprint density at radius 3 is 2.35 bits per heavy atom. The number of rotatable bonds is 4. The van der Waals surface area contributed by atoms with Gasteiger partial charge in [-0.15, -0.1) is 0 Å². The molecule has 3 nitrogen and oxygen atoms in total. The van der Waals surface area contributed by atoms with E-state index in [1.165, 1.54) is 24.8 Å². The molecule has 1 aliphatic heterocycles. The first-order valence-corrected chi connectivity index (χ1v) is 7.88. The normalized spacial score (nSPS) is 23.3. The third-order valence-corrected chi connectivity index (χ3v) is 5.14. The number of benzene rings is 1. The van der Waals surface area contributed by atoms with Crippen LogP contribution >= 0.6 is 0 Å². The van der Waals surface area contributed by atoms with Gasteiger partial charge in [0.25, 0.3) is 0 Å². The van der Waals surface area contributed by atoms with Crippen molar-refractivity contribution in [1.29, 1.82) is 0 Å². The molecular weight excluding hydrogens is 248 g/mol. The predicted molar refractivity (Wildman–Crippen MR) is 82.2 cm³/mol. The van der Waals surface area contributed by atoms with E-state index in [2.05, 4.69) is 36.2 Å². The van der Waals surface area contributed by atoms with E-state index in [9.17, 15) is 0 Å². The van der Waals surface area contributed by atoms with Gasteiger partial charge in [-0.05, 0) is 50.4 Å². The second-order valence-electron chi connectivity index (χ2n) is 6.48. The highest BCUT2D eigenvalue weighted by molar-refractivity contribution is 5.34. The molecule has 1 aliphatic carbocycles. The molecule has 1 heterocycles. The summed E-state index contributed by atoms with van der Waals surface area (Å²) in [6.07, 6.45) is 6.42. The number of likely N-dealkylation sites (tertiary alicyclic amines) is 1. The molecule has 1 saturated heterocycles. The summed E-state index contributed by atoms with van der Waals surface area (Å²) in [6, 6.07) is 8.69. The van der Waals surface area contributed by atoms with Crippen molar-refractivity contribution in [3.8, 4) is 5.75 Å². The van der Waals surface area contributed by atoms with Crippen molar-refractivity contribution in [2.24, 2.45) is 5.73 Å². The lowest BCUT2D eigenvalue weighted by molar-refractivity contribution is 0.114. The predicted octanol–water partition coefficient (Wildman–Crippen LogP) is 2.54. The number of piperidine rings is 1. The summed E-state index contributed by atoms with van der Waals surface area (Å²) in [7, 11) is 2.18. The summed E-state index contributed by atoms with van der Waals surface area (Å²) in [5.41, 5.74) is 7.61. The molecule has 1 aromatic carbocycles. The fraction of sp³-hybridized carbons (Fsp3) is 0.647. The molecule has 110 valence electrons. The lowest BCUT2D eigenvalue weighted by Gasteiger charge is -2.41. The topological polar surface area (TPSA) is 38.5 Å². The Kier molecular flexibility index (Phi) is 3.99. The fourth-order valence-electron chi connectivity index (χ4n) is 3.40. The van der Waals surface area contributed by atoms with E-state index in [-0.39, 0.29) is 5.41 Å². The third-order valence-electron chi connectivity index (χ3n) is 5.14. The van der Waals surface area contributed by atoms with Gasteiger partial charge in [-0.3, -0.25) is 0 Å². The average molecular weight is 274 g/mol. The van der Waals surface area contributed by atoms with Gasteiger partial charge in [0.05, 0.1) is 0 Å². The maximum Gasteiger partial charge on any atom is 0.119 e. The van der Waals surface area contributed by atoms with E-state index in [1.807, 2.05) is 0 Å². The van der Waals surface area contributed by atoms with Crippen LogP contribution < -0.4 is 10.5 Å². The fourth-order valence-corrected chi connectivity index (χ4v) is 3.40. The van der Waals surface area contributed by atoms with Crippen LogP contribution in [-0.2, 0) is 5.41 Å². The van der Waals surface area contributed by atoms with Crippen LogP contribution in [0.5, 0.6) is 5.75 Å². The van der Waals surface area contributed by atoms with E-state index in [0.29, 0.717) is 6.10 Å². The summed E-state index contributed by atoms with van der Waals surface area (Å²) in [6.45, 7) is 3.04. The molecule has 1 saturated carbocycles. The van der Waals surface area contributed by atoms with Crippen LogP contribution in [0.4, 0.5) is 0 Å². The quantitative estimate of drug-likeness (QED) is 0.917. The number of nitrogens with two attached hydrogens (primary N) is 1. The van der Waals surface area contributed by atoms with Gasteiger partial charge in [0.1, 0.15) is 11.9 Å². The van der Waals surface area contributed by atoms with Gasteiger partial charge in [-0.2, -0.15) is 0 Å². The van der Waals surface area contributed by atoms with E-state index >= 15 is 0 Å². The van der Waals surface area contributed by atoms with Crippen molar-refractivity contribution in [3.63, 3.8) is 0 Å². The zero-order valence-corrected chi connectivity index (χ0v) is 12.5. The third kappa shape index (κ3) is 2.70. The molecule has 0 radical (unpaired) electrons. The first kappa shape index (κ1) is 13.9. The highest BCUT2D eigenvalue weighted by Crippen LogP contribution is 2.43. The largest absolute Gasteiger partial charge is 0.490 e. The molecule has 1 aromatic rings. The van der Waals surface area contributed by atoms with Crippen molar-refractivity contribution in [2.75, 3.05) is 26.7 Å². The standard InChI is InChI=1S/C17H26N2O/c1-19-11-7-16(8-12-19)20-15-5-3-14(4-6-15)17(13-18)9-2-10-17/h3-6,16H,2,7-13,18H2,1H3. The van der Waals surface area contributed by atoms with Gasteiger partial charge >= 0.3 is 0 Å². The maximum absolute atomic E-state index is 6.10. The van der Waals surface area contributed by atoms with E-state index in [4.69, 9.17) is 10.5 Å². The molecule has 0 spiro atoms. The van der Waals surface area contributed by atoms with E-state index in [1.54, 1.807) is 0 Å². The lowest BCUT2D eigenvalue weighted by atomic mass is 9.64. The zero-order chi connectivity index (χ0) is 14.0. The lowest BCUT2D eigenvalue weighted by Crippen LogP contribution is -2.41. The van der Waals surface area contributed by atoms with Crippen LogP contribution in [0.15, 0.2) is 24.3 Å². The van der Waals surface area contributed by atoms with Crippen LogP contribution in [0.3, 0.4) is 0 Å². The minimum Gasteiger partial charge on any atom is -0.490 e. The smallest absolute Gasteiger partial charge is 0.119 e. The van der Waals surface area contributed by atoms with Crippen LogP contribution in [0.1, 0.15) is 37.7 Å². The zero-order valence-electron chi connectivity index (χ0n) is 12.5. The van der Waals surface area contributed by atoms with E-state index < -0.39 is 0 Å². The number of hydrogen-bond donors (Lipinski definition) is 1. The van der Waals surface area contributed by atoms with Gasteiger partial charge < -0.3 is 15.4 Å². The highest BCUT2D eigenvalue weighted by atomic mass is 16.5. The Morgan fingerprint density at radius 1 is 1.20 bits per heavy atom. The molecule has 0 atom stereocenters. The van der Waals surface area contributed by atoms with Crippen LogP contribution in [0.25, 0.3) is 0 Å². The molecule has 2 fully saturated rings. The Bertz CT molecular complexity index is 425. The molecule has 0 unspecified atom stereocenters. The maximum atomic E-state index is 6.10. The van der Waals surface area contributed by atoms with Crippen molar-refractivity contribution < 1.29 is 4.74 Å².